The molecular weight excluding hydrogens is 372 g/mol. The van der Waals surface area contributed by atoms with Crippen LogP contribution in [-0.4, -0.2) is 16.9 Å². The Labute approximate surface area is 167 Å². The first-order valence-corrected chi connectivity index (χ1v) is 10.0. The number of thiophene rings is 1. The second kappa shape index (κ2) is 7.86. The van der Waals surface area contributed by atoms with Crippen LogP contribution in [0, 0.1) is 0 Å². The van der Waals surface area contributed by atoms with Gasteiger partial charge in [-0.25, -0.2) is 0 Å². The van der Waals surface area contributed by atoms with E-state index in [1.54, 1.807) is 24.3 Å². The highest BCUT2D eigenvalue weighted by atomic mass is 32.1. The topological polar surface area (TPSA) is 78.4 Å². The second-order valence-electron chi connectivity index (χ2n) is 6.74. The predicted octanol–water partition coefficient (Wildman–Crippen LogP) is 4.84. The van der Waals surface area contributed by atoms with Gasteiger partial charge < -0.3 is 15.7 Å². The van der Waals surface area contributed by atoms with Gasteiger partial charge in [-0.3, -0.25) is 9.59 Å². The van der Waals surface area contributed by atoms with E-state index in [0.717, 1.165) is 31.2 Å². The van der Waals surface area contributed by atoms with Crippen LogP contribution in [-0.2, 0) is 12.8 Å². The van der Waals surface area contributed by atoms with Crippen LogP contribution in [0.2, 0.25) is 0 Å². The van der Waals surface area contributed by atoms with Gasteiger partial charge in [0, 0.05) is 16.1 Å². The highest BCUT2D eigenvalue weighted by molar-refractivity contribution is 7.17. The van der Waals surface area contributed by atoms with Gasteiger partial charge in [0.2, 0.25) is 0 Å². The SMILES string of the molecule is O=C(Nc1sc2c(c1C(=O)Nc1ccc(O)cc1)CCCC2)c1ccccc1. The van der Waals surface area contributed by atoms with Crippen LogP contribution in [0.1, 0.15) is 44.0 Å². The Morgan fingerprint density at radius 2 is 1.57 bits per heavy atom. The molecule has 5 nitrogen and oxygen atoms in total. The van der Waals surface area contributed by atoms with Gasteiger partial charge in [-0.1, -0.05) is 18.2 Å². The van der Waals surface area contributed by atoms with Crippen molar-refractivity contribution in [3.8, 4) is 5.75 Å². The lowest BCUT2D eigenvalue weighted by Gasteiger charge is -2.13. The average Bonchev–Trinajstić information content (AvgIpc) is 3.08. The van der Waals surface area contributed by atoms with Crippen LogP contribution in [0.4, 0.5) is 10.7 Å². The summed E-state index contributed by atoms with van der Waals surface area (Å²) in [5.74, 6) is -0.326. The lowest BCUT2D eigenvalue weighted by atomic mass is 9.95. The van der Waals surface area contributed by atoms with Crippen molar-refractivity contribution in [1.29, 1.82) is 0 Å². The summed E-state index contributed by atoms with van der Waals surface area (Å²) in [4.78, 5) is 26.9. The molecule has 0 saturated carbocycles. The summed E-state index contributed by atoms with van der Waals surface area (Å²) in [5.41, 5.74) is 2.74. The van der Waals surface area contributed by atoms with E-state index in [1.165, 1.54) is 28.3 Å². The zero-order chi connectivity index (χ0) is 19.5. The van der Waals surface area contributed by atoms with Gasteiger partial charge in [-0.15, -0.1) is 11.3 Å². The van der Waals surface area contributed by atoms with Crippen molar-refractivity contribution in [1.82, 2.24) is 0 Å². The summed E-state index contributed by atoms with van der Waals surface area (Å²) in [6.45, 7) is 0. The fourth-order valence-electron chi connectivity index (χ4n) is 3.40. The van der Waals surface area contributed by atoms with E-state index in [-0.39, 0.29) is 17.6 Å². The van der Waals surface area contributed by atoms with E-state index in [1.807, 2.05) is 18.2 Å². The molecule has 0 saturated heterocycles. The van der Waals surface area contributed by atoms with E-state index < -0.39 is 0 Å². The maximum Gasteiger partial charge on any atom is 0.258 e. The van der Waals surface area contributed by atoms with Gasteiger partial charge >= 0.3 is 0 Å². The molecule has 4 rings (SSSR count). The van der Waals surface area contributed by atoms with Crippen molar-refractivity contribution in [3.63, 3.8) is 0 Å². The number of carbonyl (C=O) groups is 2. The highest BCUT2D eigenvalue weighted by Gasteiger charge is 2.26. The molecule has 1 aliphatic carbocycles. The van der Waals surface area contributed by atoms with Gasteiger partial charge in [0.05, 0.1) is 5.56 Å². The van der Waals surface area contributed by atoms with Crippen LogP contribution >= 0.6 is 11.3 Å². The van der Waals surface area contributed by atoms with Crippen molar-refractivity contribution < 1.29 is 14.7 Å². The van der Waals surface area contributed by atoms with Crippen LogP contribution in [0.25, 0.3) is 0 Å². The number of anilines is 2. The van der Waals surface area contributed by atoms with Crippen LogP contribution in [0.3, 0.4) is 0 Å². The largest absolute Gasteiger partial charge is 0.508 e. The Balaban J connectivity index is 1.65. The number of hydrogen-bond donors (Lipinski definition) is 3. The molecule has 0 aliphatic heterocycles. The molecule has 2 amide bonds. The minimum Gasteiger partial charge on any atom is -0.508 e. The fourth-order valence-corrected chi connectivity index (χ4v) is 4.68. The number of nitrogens with one attached hydrogen (secondary N) is 2. The number of aryl methyl sites for hydroxylation is 1. The van der Waals surface area contributed by atoms with Crippen LogP contribution < -0.4 is 10.6 Å². The van der Waals surface area contributed by atoms with Crippen molar-refractivity contribution in [3.05, 3.63) is 76.2 Å². The lowest BCUT2D eigenvalue weighted by molar-refractivity contribution is 0.102. The number of fused-ring (bicyclic) bond motifs is 1. The lowest BCUT2D eigenvalue weighted by Crippen LogP contribution is -2.18. The van der Waals surface area contributed by atoms with Crippen molar-refractivity contribution >= 4 is 33.8 Å². The van der Waals surface area contributed by atoms with Gasteiger partial charge in [-0.05, 0) is 67.6 Å². The monoisotopic (exact) mass is 392 g/mol. The summed E-state index contributed by atoms with van der Waals surface area (Å²) < 4.78 is 0. The fraction of sp³-hybridized carbons (Fsp3) is 0.182. The number of aromatic hydroxyl groups is 1. The Kier molecular flexibility index (Phi) is 5.12. The minimum absolute atomic E-state index is 0.140. The maximum atomic E-state index is 13.1. The first kappa shape index (κ1) is 18.3. The van der Waals surface area contributed by atoms with Crippen molar-refractivity contribution in [2.45, 2.75) is 25.7 Å². The predicted molar refractivity (Wildman–Crippen MR) is 111 cm³/mol. The molecule has 1 aromatic heterocycles. The average molecular weight is 392 g/mol. The summed E-state index contributed by atoms with van der Waals surface area (Å²) in [7, 11) is 0. The molecule has 2 aromatic carbocycles. The molecule has 142 valence electrons. The van der Waals surface area contributed by atoms with E-state index in [9.17, 15) is 14.7 Å². The molecule has 0 radical (unpaired) electrons. The third-order valence-corrected chi connectivity index (χ3v) is 5.99. The standard InChI is InChI=1S/C22H20N2O3S/c25-16-12-10-15(11-13-16)23-21(27)19-17-8-4-5-9-18(17)28-22(19)24-20(26)14-6-2-1-3-7-14/h1-3,6-7,10-13,25H,4-5,8-9H2,(H,23,27)(H,24,26). The van der Waals surface area contributed by atoms with Gasteiger partial charge in [-0.2, -0.15) is 0 Å². The smallest absolute Gasteiger partial charge is 0.258 e. The van der Waals surface area contributed by atoms with E-state index in [0.29, 0.717) is 21.8 Å². The molecular formula is C22H20N2O3S. The van der Waals surface area contributed by atoms with Gasteiger partial charge in [0.15, 0.2) is 0 Å². The third-order valence-electron chi connectivity index (χ3n) is 4.79. The summed E-state index contributed by atoms with van der Waals surface area (Å²) in [5, 5.41) is 15.8. The van der Waals surface area contributed by atoms with Crippen LogP contribution in [0.15, 0.2) is 54.6 Å². The molecule has 6 heteroatoms. The number of hydrogen-bond acceptors (Lipinski definition) is 4. The normalized spacial score (nSPS) is 12.9. The minimum atomic E-state index is -0.242. The highest BCUT2D eigenvalue weighted by Crippen LogP contribution is 2.38. The quantitative estimate of drug-likeness (QED) is 0.556. The molecule has 28 heavy (non-hydrogen) atoms. The van der Waals surface area contributed by atoms with Gasteiger partial charge in [0.25, 0.3) is 11.8 Å². The number of phenolic OH excluding ortho intramolecular Hbond substituents is 1. The molecule has 3 N–H and O–H groups in total. The first-order valence-electron chi connectivity index (χ1n) is 9.23. The Morgan fingerprint density at radius 1 is 0.857 bits per heavy atom. The van der Waals surface area contributed by atoms with Crippen molar-refractivity contribution in [2.24, 2.45) is 0 Å². The molecule has 0 bridgehead atoms. The molecule has 0 spiro atoms. The second-order valence-corrected chi connectivity index (χ2v) is 7.84. The number of amides is 2. The number of phenols is 1. The summed E-state index contributed by atoms with van der Waals surface area (Å²) in [6, 6.07) is 15.3. The zero-order valence-corrected chi connectivity index (χ0v) is 16.0. The van der Waals surface area contributed by atoms with Crippen LogP contribution in [0.5, 0.6) is 5.75 Å². The maximum absolute atomic E-state index is 13.1. The van der Waals surface area contributed by atoms with Gasteiger partial charge in [0.1, 0.15) is 10.8 Å². The van der Waals surface area contributed by atoms with E-state index >= 15 is 0 Å². The number of rotatable bonds is 4. The van der Waals surface area contributed by atoms with E-state index in [2.05, 4.69) is 10.6 Å². The van der Waals surface area contributed by atoms with Crippen molar-refractivity contribution in [2.75, 3.05) is 10.6 Å². The molecule has 0 atom stereocenters. The Hall–Kier alpha value is -3.12. The Bertz CT molecular complexity index is 1010. The Morgan fingerprint density at radius 3 is 2.32 bits per heavy atom. The van der Waals surface area contributed by atoms with E-state index in [4.69, 9.17) is 0 Å². The molecule has 1 heterocycles. The molecule has 1 aliphatic rings. The molecule has 0 fully saturated rings. The summed E-state index contributed by atoms with van der Waals surface area (Å²) in [6.07, 6.45) is 3.90. The number of carbonyl (C=O) groups excluding carboxylic acids is 2. The first-order chi connectivity index (χ1) is 13.6. The zero-order valence-electron chi connectivity index (χ0n) is 15.2. The third kappa shape index (κ3) is 3.77. The molecule has 0 unspecified atom stereocenters. The summed E-state index contributed by atoms with van der Waals surface area (Å²) >= 11 is 1.49. The number of benzene rings is 2. The molecule has 3 aromatic rings.